The summed E-state index contributed by atoms with van der Waals surface area (Å²) in [5, 5.41) is 8.80. The Labute approximate surface area is 160 Å². The fourth-order valence-electron chi connectivity index (χ4n) is 2.45. The number of urea groups is 1. The van der Waals surface area contributed by atoms with Gasteiger partial charge in [-0.1, -0.05) is 36.5 Å². The van der Waals surface area contributed by atoms with E-state index in [9.17, 15) is 9.59 Å². The lowest BCUT2D eigenvalue weighted by Crippen LogP contribution is -2.29. The van der Waals surface area contributed by atoms with E-state index in [1.807, 2.05) is 13.0 Å². The summed E-state index contributed by atoms with van der Waals surface area (Å²) in [5.41, 5.74) is 1.78. The van der Waals surface area contributed by atoms with E-state index in [1.54, 1.807) is 36.4 Å². The van der Waals surface area contributed by atoms with Gasteiger partial charge in [0, 0.05) is 23.9 Å². The second kappa shape index (κ2) is 8.50. The Balaban J connectivity index is 1.83. The maximum atomic E-state index is 12.3. The minimum absolute atomic E-state index is 0.231. The molecule has 0 bridgehead atoms. The molecular formula is C19H20N4O3S. The molecule has 140 valence electrons. The van der Waals surface area contributed by atoms with Crippen LogP contribution < -0.4 is 20.7 Å². The number of benzene rings is 2. The number of hydrogen-bond donors (Lipinski definition) is 3. The van der Waals surface area contributed by atoms with Crippen molar-refractivity contribution >= 4 is 44.3 Å². The third kappa shape index (κ3) is 4.53. The van der Waals surface area contributed by atoms with Crippen LogP contribution in [0.15, 0.2) is 42.5 Å². The Hall–Kier alpha value is -3.13. The van der Waals surface area contributed by atoms with Crippen molar-refractivity contribution in [1.29, 1.82) is 0 Å². The molecule has 3 aromatic rings. The number of rotatable bonds is 6. The largest absolute Gasteiger partial charge is 0.494 e. The lowest BCUT2D eigenvalue weighted by Gasteiger charge is -2.08. The number of thiazole rings is 1. The normalized spacial score (nSPS) is 10.4. The minimum atomic E-state index is -0.277. The Kier molecular flexibility index (Phi) is 5.87. The zero-order valence-corrected chi connectivity index (χ0v) is 15.9. The van der Waals surface area contributed by atoms with Crippen molar-refractivity contribution in [3.05, 3.63) is 48.0 Å². The molecular weight excluding hydrogens is 364 g/mol. The number of hydrogen-bond acceptors (Lipinski definition) is 5. The molecule has 1 aromatic heterocycles. The fourth-order valence-corrected chi connectivity index (χ4v) is 3.37. The third-order valence-electron chi connectivity index (χ3n) is 3.73. The number of methoxy groups -OCH3 is 1. The first-order chi connectivity index (χ1) is 13.1. The van der Waals surface area contributed by atoms with Crippen LogP contribution in [-0.2, 0) is 0 Å². The van der Waals surface area contributed by atoms with E-state index in [-0.39, 0.29) is 11.9 Å². The summed E-state index contributed by atoms with van der Waals surface area (Å²) in [5.74, 6) is 0.292. The van der Waals surface area contributed by atoms with Gasteiger partial charge in [0.15, 0.2) is 5.13 Å². The van der Waals surface area contributed by atoms with Gasteiger partial charge < -0.3 is 15.4 Å². The van der Waals surface area contributed by atoms with Gasteiger partial charge in [0.2, 0.25) is 0 Å². The molecule has 0 atom stereocenters. The van der Waals surface area contributed by atoms with Crippen LogP contribution in [0.1, 0.15) is 23.7 Å². The predicted molar refractivity (Wildman–Crippen MR) is 108 cm³/mol. The summed E-state index contributed by atoms with van der Waals surface area (Å²) < 4.78 is 6.19. The Morgan fingerprint density at radius 1 is 1.15 bits per heavy atom. The summed E-state index contributed by atoms with van der Waals surface area (Å²) in [7, 11) is 1.54. The van der Waals surface area contributed by atoms with E-state index in [2.05, 4.69) is 20.9 Å². The quantitative estimate of drug-likeness (QED) is 0.597. The van der Waals surface area contributed by atoms with Crippen LogP contribution in [0, 0.1) is 0 Å². The molecule has 0 saturated heterocycles. The van der Waals surface area contributed by atoms with Crippen molar-refractivity contribution in [2.24, 2.45) is 0 Å². The molecule has 2 aromatic carbocycles. The van der Waals surface area contributed by atoms with Crippen molar-refractivity contribution in [3.8, 4) is 5.75 Å². The van der Waals surface area contributed by atoms with Crippen molar-refractivity contribution in [2.45, 2.75) is 13.3 Å². The molecule has 8 heteroatoms. The molecule has 0 aliphatic carbocycles. The lowest BCUT2D eigenvalue weighted by molar-refractivity contribution is 0.102. The van der Waals surface area contributed by atoms with Gasteiger partial charge in [0.1, 0.15) is 11.3 Å². The molecule has 0 fully saturated rings. The van der Waals surface area contributed by atoms with Crippen molar-refractivity contribution in [3.63, 3.8) is 0 Å². The van der Waals surface area contributed by atoms with Gasteiger partial charge in [0.05, 0.1) is 11.8 Å². The molecule has 3 amide bonds. The molecule has 1 heterocycles. The summed E-state index contributed by atoms with van der Waals surface area (Å²) >= 11 is 1.31. The molecule has 3 N–H and O–H groups in total. The molecule has 27 heavy (non-hydrogen) atoms. The Bertz CT molecular complexity index is 956. The van der Waals surface area contributed by atoms with Gasteiger partial charge in [-0.2, -0.15) is 0 Å². The van der Waals surface area contributed by atoms with Crippen molar-refractivity contribution in [1.82, 2.24) is 10.3 Å². The monoisotopic (exact) mass is 384 g/mol. The van der Waals surface area contributed by atoms with Gasteiger partial charge in [-0.05, 0) is 24.6 Å². The first-order valence-corrected chi connectivity index (χ1v) is 9.32. The van der Waals surface area contributed by atoms with E-state index in [0.717, 1.165) is 11.1 Å². The molecule has 0 radical (unpaired) electrons. The summed E-state index contributed by atoms with van der Waals surface area (Å²) in [6.45, 7) is 2.58. The molecule has 0 aliphatic heterocycles. The molecule has 0 spiro atoms. The molecule has 7 nitrogen and oxygen atoms in total. The van der Waals surface area contributed by atoms with Crippen LogP contribution in [0.4, 0.5) is 15.6 Å². The number of carbonyl (C=O) groups is 2. The van der Waals surface area contributed by atoms with E-state index < -0.39 is 0 Å². The van der Waals surface area contributed by atoms with Crippen LogP contribution in [0.5, 0.6) is 5.75 Å². The van der Waals surface area contributed by atoms with Gasteiger partial charge in [0.25, 0.3) is 5.91 Å². The standard InChI is InChI=1S/C19H20N4O3S/c1-3-9-20-18(25)21-13-10-14(26-2)16-15(11-13)27-19(22-16)23-17(24)12-7-5-4-6-8-12/h4-8,10-11H,3,9H2,1-2H3,(H2,20,21,25)(H,22,23,24). The van der Waals surface area contributed by atoms with E-state index in [0.29, 0.717) is 34.2 Å². The Morgan fingerprint density at radius 3 is 2.63 bits per heavy atom. The maximum absolute atomic E-state index is 12.3. The first-order valence-electron chi connectivity index (χ1n) is 8.50. The van der Waals surface area contributed by atoms with Crippen LogP contribution >= 0.6 is 11.3 Å². The van der Waals surface area contributed by atoms with Crippen molar-refractivity contribution in [2.75, 3.05) is 24.3 Å². The number of aromatic nitrogens is 1. The second-order valence-corrected chi connectivity index (χ2v) is 6.78. The fraction of sp³-hybridized carbons (Fsp3) is 0.211. The Morgan fingerprint density at radius 2 is 1.93 bits per heavy atom. The van der Waals surface area contributed by atoms with Gasteiger partial charge >= 0.3 is 6.03 Å². The topological polar surface area (TPSA) is 92.3 Å². The highest BCUT2D eigenvalue weighted by molar-refractivity contribution is 7.22. The number of fused-ring (bicyclic) bond motifs is 1. The zero-order valence-electron chi connectivity index (χ0n) is 15.0. The smallest absolute Gasteiger partial charge is 0.319 e. The van der Waals surface area contributed by atoms with E-state index in [4.69, 9.17) is 4.74 Å². The van der Waals surface area contributed by atoms with Gasteiger partial charge in [-0.25, -0.2) is 9.78 Å². The van der Waals surface area contributed by atoms with Gasteiger partial charge in [-0.3, -0.25) is 10.1 Å². The lowest BCUT2D eigenvalue weighted by atomic mass is 10.2. The molecule has 3 rings (SSSR count). The molecule has 0 saturated carbocycles. The summed E-state index contributed by atoms with van der Waals surface area (Å²) in [4.78, 5) is 28.7. The number of nitrogens with zero attached hydrogens (tertiary/aromatic N) is 1. The van der Waals surface area contributed by atoms with Crippen LogP contribution in [-0.4, -0.2) is 30.6 Å². The predicted octanol–water partition coefficient (Wildman–Crippen LogP) is 4.09. The van der Waals surface area contributed by atoms with Crippen LogP contribution in [0.2, 0.25) is 0 Å². The second-order valence-electron chi connectivity index (χ2n) is 5.75. The molecule has 0 aliphatic rings. The molecule has 0 unspecified atom stereocenters. The zero-order chi connectivity index (χ0) is 19.2. The van der Waals surface area contributed by atoms with Crippen LogP contribution in [0.3, 0.4) is 0 Å². The summed E-state index contributed by atoms with van der Waals surface area (Å²) in [6.07, 6.45) is 0.856. The van der Waals surface area contributed by atoms with Crippen molar-refractivity contribution < 1.29 is 14.3 Å². The van der Waals surface area contributed by atoms with Gasteiger partial charge in [-0.15, -0.1) is 0 Å². The average Bonchev–Trinajstić information content (AvgIpc) is 3.08. The highest BCUT2D eigenvalue weighted by Gasteiger charge is 2.14. The number of carbonyl (C=O) groups excluding carboxylic acids is 2. The highest BCUT2D eigenvalue weighted by Crippen LogP contribution is 2.35. The summed E-state index contributed by atoms with van der Waals surface area (Å²) in [6, 6.07) is 12.2. The van der Waals surface area contributed by atoms with Crippen LogP contribution in [0.25, 0.3) is 10.2 Å². The first kappa shape index (κ1) is 18.7. The van der Waals surface area contributed by atoms with E-state index >= 15 is 0 Å². The number of ether oxygens (including phenoxy) is 1. The van der Waals surface area contributed by atoms with E-state index in [1.165, 1.54) is 18.4 Å². The number of amides is 3. The number of nitrogens with one attached hydrogen (secondary N) is 3. The average molecular weight is 384 g/mol. The number of anilines is 2. The highest BCUT2D eigenvalue weighted by atomic mass is 32.1. The third-order valence-corrected chi connectivity index (χ3v) is 4.65. The SMILES string of the molecule is CCCNC(=O)Nc1cc(OC)c2nc(NC(=O)c3ccccc3)sc2c1. The maximum Gasteiger partial charge on any atom is 0.319 e. The minimum Gasteiger partial charge on any atom is -0.494 e.